The highest BCUT2D eigenvalue weighted by molar-refractivity contribution is 7.80. The van der Waals surface area contributed by atoms with Gasteiger partial charge < -0.3 is 4.74 Å². The van der Waals surface area contributed by atoms with Gasteiger partial charge in [0, 0.05) is 24.2 Å². The minimum Gasteiger partial charge on any atom is -0.457 e. The Morgan fingerprint density at radius 3 is 2.14 bits per heavy atom. The van der Waals surface area contributed by atoms with Crippen molar-refractivity contribution >= 4 is 34.7 Å². The quantitative estimate of drug-likeness (QED) is 0.432. The Kier molecular flexibility index (Phi) is 7.29. The van der Waals surface area contributed by atoms with Crippen LogP contribution in [0.1, 0.15) is 40.2 Å². The zero-order valence-electron chi connectivity index (χ0n) is 17.0. The summed E-state index contributed by atoms with van der Waals surface area (Å²) in [5.41, 5.74) is 1.41. The van der Waals surface area contributed by atoms with Crippen molar-refractivity contribution in [1.82, 2.24) is 9.80 Å². The minimum atomic E-state index is -0.366. The Labute approximate surface area is 172 Å². The number of nitrogens with zero attached hydrogens (tertiary/aromatic N) is 2. The first-order chi connectivity index (χ1) is 13.5. The highest BCUT2D eigenvalue weighted by Crippen LogP contribution is 2.37. The van der Waals surface area contributed by atoms with Crippen LogP contribution < -0.4 is 4.74 Å². The molecule has 0 radical (unpaired) electrons. The molecule has 1 fully saturated rings. The van der Waals surface area contributed by atoms with Gasteiger partial charge in [0.2, 0.25) is 0 Å². The maximum absolute atomic E-state index is 13.1. The Balaban J connectivity index is 0.00000136. The fourth-order valence-corrected chi connectivity index (χ4v) is 3.50. The van der Waals surface area contributed by atoms with E-state index in [2.05, 4.69) is 0 Å². The number of para-hydroxylation sites is 1. The van der Waals surface area contributed by atoms with Gasteiger partial charge in [0.25, 0.3) is 11.8 Å². The average Bonchev–Trinajstić information content (AvgIpc) is 2.70. The fourth-order valence-electron chi connectivity index (χ4n) is 3.08. The molecule has 0 aliphatic carbocycles. The van der Waals surface area contributed by atoms with Gasteiger partial charge in [-0.3, -0.25) is 19.4 Å². The normalized spacial score (nSPS) is 16.6. The van der Waals surface area contributed by atoms with Gasteiger partial charge in [-0.1, -0.05) is 38.1 Å². The molecule has 0 spiro atoms. The van der Waals surface area contributed by atoms with Crippen molar-refractivity contribution in [3.63, 3.8) is 0 Å². The van der Waals surface area contributed by atoms with Crippen LogP contribution in [0.3, 0.4) is 0 Å². The Hall–Kier alpha value is -2.73. The lowest BCUT2D eigenvalue weighted by atomic mass is 9.93. The Morgan fingerprint density at radius 2 is 1.61 bits per heavy atom. The summed E-state index contributed by atoms with van der Waals surface area (Å²) in [6.07, 6.45) is 5.38. The molecule has 28 heavy (non-hydrogen) atoms. The molecule has 1 saturated heterocycles. The van der Waals surface area contributed by atoms with Crippen molar-refractivity contribution < 1.29 is 14.3 Å². The van der Waals surface area contributed by atoms with Crippen molar-refractivity contribution in [3.05, 3.63) is 59.4 Å². The van der Waals surface area contributed by atoms with Gasteiger partial charge in [-0.15, -0.1) is 0 Å². The first-order valence-electron chi connectivity index (χ1n) is 9.57. The second-order valence-corrected chi connectivity index (χ2v) is 6.18. The number of hydrogen-bond donors (Lipinski definition) is 0. The van der Waals surface area contributed by atoms with Gasteiger partial charge in [0.05, 0.1) is 0 Å². The number of carbonyl (C=O) groups excluding carboxylic acids is 2. The predicted octanol–water partition coefficient (Wildman–Crippen LogP) is 4.31. The number of fused-ring (bicyclic) bond motifs is 1. The molecule has 0 saturated carbocycles. The lowest BCUT2D eigenvalue weighted by molar-refractivity contribution is -0.133. The van der Waals surface area contributed by atoms with Crippen LogP contribution >= 0.6 is 12.2 Å². The molecule has 0 bridgehead atoms. The van der Waals surface area contributed by atoms with Gasteiger partial charge in [-0.25, -0.2) is 0 Å². The lowest BCUT2D eigenvalue weighted by Crippen LogP contribution is -2.56. The molecule has 3 rings (SSSR count). The van der Waals surface area contributed by atoms with Crippen molar-refractivity contribution in [2.75, 3.05) is 13.1 Å². The third kappa shape index (κ3) is 3.78. The summed E-state index contributed by atoms with van der Waals surface area (Å²) in [4.78, 5) is 29.0. The SMILES string of the molecule is C/C=C/C1=CC(=C2C(=O)N(CC)C(=S)N(CC)C2=O)c2ccccc2O1.CC. The molecule has 0 unspecified atom stereocenters. The van der Waals surface area contributed by atoms with E-state index in [4.69, 9.17) is 17.0 Å². The number of benzene rings is 1. The second kappa shape index (κ2) is 9.46. The Bertz CT molecular complexity index is 856. The van der Waals surface area contributed by atoms with E-state index in [1.807, 2.05) is 65.0 Å². The minimum absolute atomic E-state index is 0.125. The Morgan fingerprint density at radius 1 is 1.04 bits per heavy atom. The molecule has 2 aliphatic heterocycles. The number of hydrogen-bond acceptors (Lipinski definition) is 4. The van der Waals surface area contributed by atoms with E-state index in [1.54, 1.807) is 12.2 Å². The molecule has 0 atom stereocenters. The van der Waals surface area contributed by atoms with Crippen molar-refractivity contribution in [2.45, 2.75) is 34.6 Å². The van der Waals surface area contributed by atoms with E-state index in [-0.39, 0.29) is 22.5 Å². The third-order valence-corrected chi connectivity index (χ3v) is 4.74. The van der Waals surface area contributed by atoms with Crippen molar-refractivity contribution in [2.24, 2.45) is 0 Å². The van der Waals surface area contributed by atoms with E-state index in [0.29, 0.717) is 30.2 Å². The van der Waals surface area contributed by atoms with Gasteiger partial charge >= 0.3 is 0 Å². The second-order valence-electron chi connectivity index (χ2n) is 5.82. The molecular weight excluding hydrogens is 372 g/mol. The monoisotopic (exact) mass is 398 g/mol. The zero-order valence-corrected chi connectivity index (χ0v) is 17.8. The number of ether oxygens (including phenoxy) is 1. The van der Waals surface area contributed by atoms with Crippen LogP contribution in [0.25, 0.3) is 5.57 Å². The lowest BCUT2D eigenvalue weighted by Gasteiger charge is -2.36. The van der Waals surface area contributed by atoms with Crippen LogP contribution in [-0.4, -0.2) is 39.8 Å². The molecule has 0 N–H and O–H groups in total. The average molecular weight is 399 g/mol. The van der Waals surface area contributed by atoms with Gasteiger partial charge in [-0.05, 0) is 51.2 Å². The molecule has 2 aliphatic rings. The molecule has 1 aromatic rings. The first-order valence-corrected chi connectivity index (χ1v) is 9.97. The van der Waals surface area contributed by atoms with Gasteiger partial charge in [0.15, 0.2) is 5.11 Å². The molecule has 5 nitrogen and oxygen atoms in total. The maximum atomic E-state index is 13.1. The number of thiocarbonyl (C=S) groups is 1. The summed E-state index contributed by atoms with van der Waals surface area (Å²) in [6.45, 7) is 10.4. The van der Waals surface area contributed by atoms with Crippen LogP contribution in [0.5, 0.6) is 5.75 Å². The molecular formula is C22H26N2O3S. The van der Waals surface area contributed by atoms with E-state index < -0.39 is 0 Å². The van der Waals surface area contributed by atoms with Crippen molar-refractivity contribution in [3.8, 4) is 5.75 Å². The van der Waals surface area contributed by atoms with Crippen LogP contribution in [0.4, 0.5) is 0 Å². The van der Waals surface area contributed by atoms with Crippen LogP contribution in [0, 0.1) is 0 Å². The molecule has 2 heterocycles. The number of rotatable bonds is 3. The number of allylic oxidation sites excluding steroid dienone is 4. The van der Waals surface area contributed by atoms with E-state index in [0.717, 1.165) is 5.56 Å². The molecule has 148 valence electrons. The van der Waals surface area contributed by atoms with E-state index in [9.17, 15) is 9.59 Å². The standard InChI is InChI=1S/C20H20N2O3S.C2H6/c1-4-9-13-12-15(14-10-7-8-11-16(14)25-13)17-18(23)21(5-2)20(26)22(6-3)19(17)24;1-2/h4,7-12H,5-6H2,1-3H3;1-2H3/b9-4+;. The summed E-state index contributed by atoms with van der Waals surface area (Å²) in [6, 6.07) is 7.38. The molecule has 6 heteroatoms. The van der Waals surface area contributed by atoms with E-state index >= 15 is 0 Å². The maximum Gasteiger partial charge on any atom is 0.266 e. The highest BCUT2D eigenvalue weighted by Gasteiger charge is 2.40. The summed E-state index contributed by atoms with van der Waals surface area (Å²) >= 11 is 5.33. The summed E-state index contributed by atoms with van der Waals surface area (Å²) in [7, 11) is 0. The highest BCUT2D eigenvalue weighted by atomic mass is 32.1. The van der Waals surface area contributed by atoms with Crippen LogP contribution in [-0.2, 0) is 9.59 Å². The summed E-state index contributed by atoms with van der Waals surface area (Å²) < 4.78 is 5.86. The fraction of sp³-hybridized carbons (Fsp3) is 0.318. The smallest absolute Gasteiger partial charge is 0.266 e. The number of amides is 2. The first kappa shape index (κ1) is 21.6. The topological polar surface area (TPSA) is 49.9 Å². The third-order valence-electron chi connectivity index (χ3n) is 4.30. The van der Waals surface area contributed by atoms with Crippen LogP contribution in [0.2, 0.25) is 0 Å². The summed E-state index contributed by atoms with van der Waals surface area (Å²) in [5.74, 6) is 0.462. The largest absolute Gasteiger partial charge is 0.457 e. The van der Waals surface area contributed by atoms with Crippen molar-refractivity contribution in [1.29, 1.82) is 0 Å². The summed E-state index contributed by atoms with van der Waals surface area (Å²) in [5, 5.41) is 0.257. The zero-order chi connectivity index (χ0) is 20.8. The van der Waals surface area contributed by atoms with Crippen LogP contribution in [0.15, 0.2) is 53.8 Å². The number of carbonyl (C=O) groups is 2. The van der Waals surface area contributed by atoms with E-state index in [1.165, 1.54) is 9.80 Å². The molecule has 0 aromatic heterocycles. The molecule has 1 aromatic carbocycles. The van der Waals surface area contributed by atoms with Gasteiger partial charge in [-0.2, -0.15) is 0 Å². The predicted molar refractivity (Wildman–Crippen MR) is 116 cm³/mol. The molecule has 2 amide bonds. The van der Waals surface area contributed by atoms with Gasteiger partial charge in [0.1, 0.15) is 17.1 Å². The number of likely N-dealkylation sites (N-methyl/N-ethyl adjacent to an activating group) is 2.